The Labute approximate surface area is 108 Å². The molecule has 3 N–H and O–H groups in total. The van der Waals surface area contributed by atoms with Gasteiger partial charge >= 0.3 is 0 Å². The van der Waals surface area contributed by atoms with E-state index in [4.69, 9.17) is 0 Å². The molecule has 1 amide bonds. The Hall–Kier alpha value is -0.660. The van der Waals surface area contributed by atoms with Gasteiger partial charge in [-0.1, -0.05) is 0 Å². The summed E-state index contributed by atoms with van der Waals surface area (Å²) in [5.41, 5.74) is 0. The summed E-state index contributed by atoms with van der Waals surface area (Å²) in [6, 6.07) is 0.174. The lowest BCUT2D eigenvalue weighted by Crippen LogP contribution is -2.59. The summed E-state index contributed by atoms with van der Waals surface area (Å²) in [5.74, 6) is 0.503. The van der Waals surface area contributed by atoms with Gasteiger partial charge in [0.05, 0.1) is 17.5 Å². The fourth-order valence-corrected chi connectivity index (χ4v) is 4.23. The minimum absolute atomic E-state index is 0.0429. The van der Waals surface area contributed by atoms with E-state index in [0.29, 0.717) is 25.6 Å². The van der Waals surface area contributed by atoms with Crippen LogP contribution in [-0.4, -0.2) is 57.5 Å². The summed E-state index contributed by atoms with van der Waals surface area (Å²) >= 11 is 0. The van der Waals surface area contributed by atoms with Crippen LogP contribution in [0.15, 0.2) is 0 Å². The molecule has 2 aliphatic heterocycles. The van der Waals surface area contributed by atoms with E-state index in [1.165, 1.54) is 0 Å². The first-order valence-corrected chi connectivity index (χ1v) is 8.23. The Morgan fingerprint density at radius 1 is 1.33 bits per heavy atom. The monoisotopic (exact) mass is 275 g/mol. The molecule has 2 heterocycles. The van der Waals surface area contributed by atoms with E-state index >= 15 is 0 Å². The highest BCUT2D eigenvalue weighted by Gasteiger charge is 2.29. The number of hydrogen-bond acceptors (Lipinski definition) is 5. The van der Waals surface area contributed by atoms with Gasteiger partial charge in [-0.3, -0.25) is 4.79 Å². The summed E-state index contributed by atoms with van der Waals surface area (Å²) in [4.78, 5) is 11.9. The topological polar surface area (TPSA) is 87.3 Å². The molecule has 0 saturated carbocycles. The molecule has 6 nitrogen and oxygen atoms in total. The lowest BCUT2D eigenvalue weighted by Gasteiger charge is -2.28. The number of hydrogen-bond donors (Lipinski definition) is 3. The SMILES string of the molecule is CC1CNC(C(=O)NCC2CCS(=O)(=O)C2)CN1. The zero-order valence-electron chi connectivity index (χ0n) is 10.6. The van der Waals surface area contributed by atoms with Crippen molar-refractivity contribution >= 4 is 15.7 Å². The average molecular weight is 275 g/mol. The minimum Gasteiger partial charge on any atom is -0.354 e. The first kappa shape index (κ1) is 13.8. The van der Waals surface area contributed by atoms with Crippen molar-refractivity contribution in [3.8, 4) is 0 Å². The maximum absolute atomic E-state index is 11.9. The number of nitrogens with one attached hydrogen (secondary N) is 3. The molecule has 0 spiro atoms. The number of carbonyl (C=O) groups is 1. The van der Waals surface area contributed by atoms with Crippen LogP contribution in [0, 0.1) is 5.92 Å². The van der Waals surface area contributed by atoms with Crippen LogP contribution < -0.4 is 16.0 Å². The van der Waals surface area contributed by atoms with Gasteiger partial charge in [-0.2, -0.15) is 0 Å². The number of piperazine rings is 1. The van der Waals surface area contributed by atoms with Crippen LogP contribution in [0.3, 0.4) is 0 Å². The summed E-state index contributed by atoms with van der Waals surface area (Å²) in [7, 11) is -2.85. The van der Waals surface area contributed by atoms with Crippen LogP contribution in [-0.2, 0) is 14.6 Å². The van der Waals surface area contributed by atoms with Crippen LogP contribution >= 0.6 is 0 Å². The summed E-state index contributed by atoms with van der Waals surface area (Å²) in [6.45, 7) is 3.92. The second-order valence-electron chi connectivity index (χ2n) is 5.28. The van der Waals surface area contributed by atoms with E-state index in [1.807, 2.05) is 0 Å². The Bertz CT molecular complexity index is 402. The van der Waals surface area contributed by atoms with Crippen LogP contribution in [0.5, 0.6) is 0 Å². The highest BCUT2D eigenvalue weighted by molar-refractivity contribution is 7.91. The number of carbonyl (C=O) groups excluding carboxylic acids is 1. The van der Waals surface area contributed by atoms with Crippen LogP contribution in [0.2, 0.25) is 0 Å². The third kappa shape index (κ3) is 3.66. The van der Waals surface area contributed by atoms with Crippen LogP contribution in [0.1, 0.15) is 13.3 Å². The lowest BCUT2D eigenvalue weighted by molar-refractivity contribution is -0.123. The highest BCUT2D eigenvalue weighted by atomic mass is 32.2. The molecule has 18 heavy (non-hydrogen) atoms. The van der Waals surface area contributed by atoms with Crippen molar-refractivity contribution in [2.45, 2.75) is 25.4 Å². The maximum Gasteiger partial charge on any atom is 0.238 e. The predicted molar refractivity (Wildman–Crippen MR) is 69.0 cm³/mol. The van der Waals surface area contributed by atoms with Gasteiger partial charge < -0.3 is 16.0 Å². The molecule has 3 atom stereocenters. The van der Waals surface area contributed by atoms with Crippen molar-refractivity contribution in [2.75, 3.05) is 31.1 Å². The number of rotatable bonds is 3. The van der Waals surface area contributed by atoms with Crippen molar-refractivity contribution in [1.82, 2.24) is 16.0 Å². The average Bonchev–Trinajstić information content (AvgIpc) is 2.67. The summed E-state index contributed by atoms with van der Waals surface area (Å²) in [6.07, 6.45) is 0.663. The van der Waals surface area contributed by atoms with Crippen molar-refractivity contribution in [3.63, 3.8) is 0 Å². The smallest absolute Gasteiger partial charge is 0.238 e. The largest absolute Gasteiger partial charge is 0.354 e. The minimum atomic E-state index is -2.85. The fourth-order valence-electron chi connectivity index (χ4n) is 2.37. The predicted octanol–water partition coefficient (Wildman–Crippen LogP) is -1.51. The van der Waals surface area contributed by atoms with E-state index < -0.39 is 9.84 Å². The fraction of sp³-hybridized carbons (Fsp3) is 0.909. The molecule has 104 valence electrons. The second-order valence-corrected chi connectivity index (χ2v) is 7.51. The first-order valence-electron chi connectivity index (χ1n) is 6.41. The van der Waals surface area contributed by atoms with E-state index in [9.17, 15) is 13.2 Å². The first-order chi connectivity index (χ1) is 8.46. The van der Waals surface area contributed by atoms with Crippen molar-refractivity contribution < 1.29 is 13.2 Å². The van der Waals surface area contributed by atoms with E-state index in [2.05, 4.69) is 22.9 Å². The molecule has 0 aromatic carbocycles. The Morgan fingerprint density at radius 2 is 2.11 bits per heavy atom. The van der Waals surface area contributed by atoms with Gasteiger partial charge in [-0.25, -0.2) is 8.42 Å². The third-order valence-electron chi connectivity index (χ3n) is 3.55. The van der Waals surface area contributed by atoms with Gasteiger partial charge in [0.15, 0.2) is 9.84 Å². The Morgan fingerprint density at radius 3 is 2.67 bits per heavy atom. The molecule has 0 aliphatic carbocycles. The number of sulfone groups is 1. The summed E-state index contributed by atoms with van der Waals surface area (Å²) in [5, 5.41) is 9.24. The van der Waals surface area contributed by atoms with Crippen LogP contribution in [0.4, 0.5) is 0 Å². The van der Waals surface area contributed by atoms with E-state index in [1.54, 1.807) is 0 Å². The lowest BCUT2D eigenvalue weighted by atomic mass is 10.1. The third-order valence-corrected chi connectivity index (χ3v) is 5.39. The van der Waals surface area contributed by atoms with Gasteiger partial charge in [0, 0.05) is 25.7 Å². The molecule has 2 rings (SSSR count). The van der Waals surface area contributed by atoms with Gasteiger partial charge in [-0.05, 0) is 19.3 Å². The quantitative estimate of drug-likeness (QED) is 0.583. The zero-order chi connectivity index (χ0) is 13.2. The molecule has 7 heteroatoms. The number of amides is 1. The van der Waals surface area contributed by atoms with Gasteiger partial charge in [0.2, 0.25) is 5.91 Å². The second kappa shape index (κ2) is 5.54. The standard InChI is InChI=1S/C11H21N3O3S/c1-8-4-13-10(6-12-8)11(15)14-5-9-2-3-18(16,17)7-9/h8-10,12-13H,2-7H2,1H3,(H,14,15). The molecule has 2 aliphatic rings. The van der Waals surface area contributed by atoms with Crippen molar-refractivity contribution in [1.29, 1.82) is 0 Å². The molecule has 3 unspecified atom stereocenters. The van der Waals surface area contributed by atoms with Crippen molar-refractivity contribution in [3.05, 3.63) is 0 Å². The summed E-state index contributed by atoms with van der Waals surface area (Å²) < 4.78 is 22.6. The molecular formula is C11H21N3O3S. The molecule has 2 fully saturated rings. The normalized spacial score (nSPS) is 35.3. The van der Waals surface area contributed by atoms with E-state index in [-0.39, 0.29) is 29.4 Å². The van der Waals surface area contributed by atoms with Gasteiger partial charge in [0.1, 0.15) is 0 Å². The van der Waals surface area contributed by atoms with Gasteiger partial charge in [0.25, 0.3) is 0 Å². The van der Waals surface area contributed by atoms with Gasteiger partial charge in [-0.15, -0.1) is 0 Å². The molecular weight excluding hydrogens is 254 g/mol. The molecule has 0 bridgehead atoms. The highest BCUT2D eigenvalue weighted by Crippen LogP contribution is 2.17. The molecule has 0 radical (unpaired) electrons. The molecule has 0 aromatic heterocycles. The Kier molecular flexibility index (Phi) is 4.24. The van der Waals surface area contributed by atoms with Crippen molar-refractivity contribution in [2.24, 2.45) is 5.92 Å². The Balaban J connectivity index is 1.72. The zero-order valence-corrected chi connectivity index (χ0v) is 11.4. The molecule has 2 saturated heterocycles. The molecule has 0 aromatic rings. The maximum atomic E-state index is 11.9. The van der Waals surface area contributed by atoms with Crippen LogP contribution in [0.25, 0.3) is 0 Å². The van der Waals surface area contributed by atoms with E-state index in [0.717, 1.165) is 6.54 Å².